The van der Waals surface area contributed by atoms with Crippen LogP contribution in [0.25, 0.3) is 0 Å². The van der Waals surface area contributed by atoms with Crippen LogP contribution >= 0.6 is 0 Å². The third-order valence-electron chi connectivity index (χ3n) is 3.37. The first kappa shape index (κ1) is 16.3. The Morgan fingerprint density at radius 1 is 1.18 bits per heavy atom. The first-order chi connectivity index (χ1) is 10.1. The number of alkyl halides is 1. The Bertz CT molecular complexity index is 632. The maximum atomic E-state index is 15.0. The zero-order valence-corrected chi connectivity index (χ0v) is 13.3. The number of ketones is 1. The second-order valence-electron chi connectivity index (χ2n) is 6.17. The van der Waals surface area contributed by atoms with E-state index in [0.717, 1.165) is 0 Å². The van der Waals surface area contributed by atoms with E-state index in [2.05, 4.69) is 0 Å². The molecule has 0 bridgehead atoms. The maximum Gasteiger partial charge on any atom is 0.353 e. The summed E-state index contributed by atoms with van der Waals surface area (Å²) in [5.41, 5.74) is -3.06. The SMILES string of the molecule is COc1cc2c(cc1OC)C(=O)[C@](F)(C(=O)OC(C)(C)C)C2. The number of hydrogen-bond acceptors (Lipinski definition) is 5. The number of carbonyl (C=O) groups is 2. The van der Waals surface area contributed by atoms with Gasteiger partial charge in [0.1, 0.15) is 5.60 Å². The quantitative estimate of drug-likeness (QED) is 0.634. The molecule has 0 heterocycles. The van der Waals surface area contributed by atoms with Crippen LogP contribution in [0.15, 0.2) is 12.1 Å². The molecule has 0 aliphatic heterocycles. The highest BCUT2D eigenvalue weighted by Gasteiger charge is 2.55. The fourth-order valence-corrected chi connectivity index (χ4v) is 2.36. The van der Waals surface area contributed by atoms with Gasteiger partial charge in [-0.1, -0.05) is 0 Å². The van der Waals surface area contributed by atoms with Gasteiger partial charge in [0.05, 0.1) is 14.2 Å². The Kier molecular flexibility index (Phi) is 3.89. The van der Waals surface area contributed by atoms with E-state index >= 15 is 0 Å². The summed E-state index contributed by atoms with van der Waals surface area (Å²) in [6.07, 6.45) is -0.365. The van der Waals surface area contributed by atoms with E-state index in [1.807, 2.05) is 0 Å². The molecule has 1 atom stereocenters. The number of carbonyl (C=O) groups excluding carboxylic acids is 2. The number of benzene rings is 1. The standard InChI is InChI=1S/C16H19FO5/c1-15(2,3)22-14(19)16(17)8-9-6-11(20-4)12(21-5)7-10(9)13(16)18/h6-7H,8H2,1-5H3/t16-/m0/s1. The van der Waals surface area contributed by atoms with Crippen LogP contribution in [-0.4, -0.2) is 37.2 Å². The van der Waals surface area contributed by atoms with Gasteiger partial charge >= 0.3 is 5.97 Å². The first-order valence-electron chi connectivity index (χ1n) is 6.84. The second-order valence-corrected chi connectivity index (χ2v) is 6.17. The highest BCUT2D eigenvalue weighted by Crippen LogP contribution is 2.40. The summed E-state index contributed by atoms with van der Waals surface area (Å²) < 4.78 is 30.3. The number of fused-ring (bicyclic) bond motifs is 1. The van der Waals surface area contributed by atoms with Gasteiger partial charge in [-0.15, -0.1) is 0 Å². The summed E-state index contributed by atoms with van der Waals surface area (Å²) in [5.74, 6) is -1.39. The number of Topliss-reactive ketones (excluding diaryl/α,β-unsaturated/α-hetero) is 1. The summed E-state index contributed by atoms with van der Waals surface area (Å²) in [6, 6.07) is 2.90. The summed E-state index contributed by atoms with van der Waals surface area (Å²) >= 11 is 0. The molecule has 1 aliphatic rings. The third kappa shape index (κ3) is 2.65. The van der Waals surface area contributed by atoms with Crippen molar-refractivity contribution in [2.45, 2.75) is 38.5 Å². The molecule has 0 spiro atoms. The fourth-order valence-electron chi connectivity index (χ4n) is 2.36. The van der Waals surface area contributed by atoms with Gasteiger partial charge in [-0.2, -0.15) is 0 Å². The summed E-state index contributed by atoms with van der Waals surface area (Å²) in [5, 5.41) is 0. The lowest BCUT2D eigenvalue weighted by Crippen LogP contribution is -2.44. The summed E-state index contributed by atoms with van der Waals surface area (Å²) in [7, 11) is 2.86. The molecule has 6 heteroatoms. The average Bonchev–Trinajstić information content (AvgIpc) is 2.68. The minimum atomic E-state index is -2.70. The van der Waals surface area contributed by atoms with E-state index in [1.54, 1.807) is 20.8 Å². The highest BCUT2D eigenvalue weighted by molar-refractivity contribution is 6.19. The molecule has 0 aromatic heterocycles. The van der Waals surface area contributed by atoms with E-state index < -0.39 is 23.0 Å². The van der Waals surface area contributed by atoms with Crippen LogP contribution in [0.3, 0.4) is 0 Å². The van der Waals surface area contributed by atoms with Crippen LogP contribution in [-0.2, 0) is 16.0 Å². The molecule has 1 aromatic rings. The van der Waals surface area contributed by atoms with Gasteiger partial charge in [0.2, 0.25) is 5.78 Å². The smallest absolute Gasteiger partial charge is 0.353 e. The Morgan fingerprint density at radius 2 is 1.73 bits per heavy atom. The minimum Gasteiger partial charge on any atom is -0.493 e. The number of halogens is 1. The van der Waals surface area contributed by atoms with Crippen LogP contribution in [0.1, 0.15) is 36.7 Å². The molecule has 22 heavy (non-hydrogen) atoms. The number of methoxy groups -OCH3 is 2. The minimum absolute atomic E-state index is 0.117. The predicted molar refractivity (Wildman–Crippen MR) is 77.3 cm³/mol. The lowest BCUT2D eigenvalue weighted by Gasteiger charge is -2.24. The fraction of sp³-hybridized carbons (Fsp3) is 0.500. The summed E-state index contributed by atoms with van der Waals surface area (Å²) in [4.78, 5) is 24.4. The molecule has 1 aliphatic carbocycles. The van der Waals surface area contributed by atoms with Gasteiger partial charge < -0.3 is 14.2 Å². The molecule has 0 unspecified atom stereocenters. The first-order valence-corrected chi connectivity index (χ1v) is 6.84. The molecule has 2 rings (SSSR count). The van der Waals surface area contributed by atoms with Crippen molar-refractivity contribution in [3.8, 4) is 11.5 Å². The van der Waals surface area contributed by atoms with Crippen LogP contribution in [0, 0.1) is 0 Å². The van der Waals surface area contributed by atoms with Crippen molar-refractivity contribution in [1.29, 1.82) is 0 Å². The molecule has 0 fully saturated rings. The molecule has 1 aromatic carbocycles. The zero-order chi connectivity index (χ0) is 16.7. The largest absolute Gasteiger partial charge is 0.493 e. The molecular weight excluding hydrogens is 291 g/mol. The second kappa shape index (κ2) is 5.26. The number of hydrogen-bond donors (Lipinski definition) is 0. The van der Waals surface area contributed by atoms with E-state index in [-0.39, 0.29) is 12.0 Å². The highest BCUT2D eigenvalue weighted by atomic mass is 19.1. The van der Waals surface area contributed by atoms with Crippen molar-refractivity contribution < 1.29 is 28.2 Å². The molecule has 0 saturated carbocycles. The van der Waals surface area contributed by atoms with Crippen molar-refractivity contribution in [2.24, 2.45) is 0 Å². The van der Waals surface area contributed by atoms with E-state index in [9.17, 15) is 14.0 Å². The van der Waals surface area contributed by atoms with Gasteiger partial charge in [-0.3, -0.25) is 4.79 Å². The average molecular weight is 310 g/mol. The predicted octanol–water partition coefficient (Wildman–Crippen LogP) is 2.49. The molecule has 0 saturated heterocycles. The van der Waals surface area contributed by atoms with Crippen LogP contribution in [0.5, 0.6) is 11.5 Å². The topological polar surface area (TPSA) is 61.8 Å². The van der Waals surface area contributed by atoms with Crippen LogP contribution in [0.4, 0.5) is 4.39 Å². The van der Waals surface area contributed by atoms with Gasteiger partial charge in [-0.25, -0.2) is 9.18 Å². The van der Waals surface area contributed by atoms with Gasteiger partial charge in [-0.05, 0) is 38.5 Å². The Hall–Kier alpha value is -2.11. The molecule has 0 amide bonds. The van der Waals surface area contributed by atoms with Crippen molar-refractivity contribution in [1.82, 2.24) is 0 Å². The van der Waals surface area contributed by atoms with Gasteiger partial charge in [0, 0.05) is 12.0 Å². The van der Waals surface area contributed by atoms with Crippen LogP contribution in [0.2, 0.25) is 0 Å². The Morgan fingerprint density at radius 3 is 2.23 bits per heavy atom. The monoisotopic (exact) mass is 310 g/mol. The summed E-state index contributed by atoms with van der Waals surface area (Å²) in [6.45, 7) is 4.85. The van der Waals surface area contributed by atoms with E-state index in [0.29, 0.717) is 17.1 Å². The van der Waals surface area contributed by atoms with Crippen molar-refractivity contribution >= 4 is 11.8 Å². The molecule has 5 nitrogen and oxygen atoms in total. The normalized spacial score (nSPS) is 20.5. The van der Waals surface area contributed by atoms with Crippen molar-refractivity contribution in [2.75, 3.05) is 14.2 Å². The molecule has 0 radical (unpaired) electrons. The van der Waals surface area contributed by atoms with E-state index in [4.69, 9.17) is 14.2 Å². The zero-order valence-electron chi connectivity index (χ0n) is 13.3. The molecule has 120 valence electrons. The van der Waals surface area contributed by atoms with Crippen LogP contribution < -0.4 is 9.47 Å². The number of rotatable bonds is 3. The number of esters is 1. The lowest BCUT2D eigenvalue weighted by atomic mass is 10.0. The Labute approximate surface area is 128 Å². The maximum absolute atomic E-state index is 15.0. The van der Waals surface area contributed by atoms with Crippen molar-refractivity contribution in [3.05, 3.63) is 23.3 Å². The third-order valence-corrected chi connectivity index (χ3v) is 3.37. The molecule has 0 N–H and O–H groups in total. The lowest BCUT2D eigenvalue weighted by molar-refractivity contribution is -0.165. The number of ether oxygens (including phenoxy) is 3. The molecular formula is C16H19FO5. The van der Waals surface area contributed by atoms with Gasteiger partial charge in [0.25, 0.3) is 5.67 Å². The van der Waals surface area contributed by atoms with Gasteiger partial charge in [0.15, 0.2) is 11.5 Å². The van der Waals surface area contributed by atoms with E-state index in [1.165, 1.54) is 26.4 Å². The Balaban J connectivity index is 2.41. The van der Waals surface area contributed by atoms with Crippen molar-refractivity contribution in [3.63, 3.8) is 0 Å².